The molecule has 2 aromatic rings. The van der Waals surface area contributed by atoms with Gasteiger partial charge < -0.3 is 5.32 Å². The molecule has 0 amide bonds. The van der Waals surface area contributed by atoms with E-state index in [0.29, 0.717) is 0 Å². The first-order valence-corrected chi connectivity index (χ1v) is 7.40. The number of likely N-dealkylation sites (N-methyl/N-ethyl adjacent to an activating group) is 1. The first-order valence-electron chi connectivity index (χ1n) is 7.02. The van der Waals surface area contributed by atoms with E-state index in [-0.39, 0.29) is 6.04 Å². The van der Waals surface area contributed by atoms with E-state index in [2.05, 4.69) is 49.3 Å². The molecule has 1 atom stereocenters. The van der Waals surface area contributed by atoms with Crippen LogP contribution >= 0.6 is 11.6 Å². The molecule has 3 heteroatoms. The second-order valence-corrected chi connectivity index (χ2v) is 5.46. The summed E-state index contributed by atoms with van der Waals surface area (Å²) in [6, 6.07) is 10.3. The fourth-order valence-electron chi connectivity index (χ4n) is 2.54. The summed E-state index contributed by atoms with van der Waals surface area (Å²) in [4.78, 5) is 4.46. The van der Waals surface area contributed by atoms with Gasteiger partial charge in [-0.3, -0.25) is 4.98 Å². The zero-order valence-corrected chi connectivity index (χ0v) is 13.0. The normalized spacial score (nSPS) is 12.4. The number of aryl methyl sites for hydroxylation is 2. The predicted molar refractivity (Wildman–Crippen MR) is 85.3 cm³/mol. The van der Waals surface area contributed by atoms with Gasteiger partial charge in [0, 0.05) is 6.20 Å². The summed E-state index contributed by atoms with van der Waals surface area (Å²) in [7, 11) is 0. The van der Waals surface area contributed by atoms with Gasteiger partial charge >= 0.3 is 0 Å². The van der Waals surface area contributed by atoms with E-state index < -0.39 is 0 Å². The maximum atomic E-state index is 6.30. The third-order valence-electron chi connectivity index (χ3n) is 3.62. The van der Waals surface area contributed by atoms with Crippen molar-refractivity contribution >= 4 is 11.6 Å². The van der Waals surface area contributed by atoms with E-state index in [1.807, 2.05) is 12.1 Å². The topological polar surface area (TPSA) is 24.9 Å². The Bertz CT molecular complexity index is 561. The van der Waals surface area contributed by atoms with Crippen LogP contribution in [0.3, 0.4) is 0 Å². The predicted octanol–water partition coefficient (Wildman–Crippen LogP) is 4.25. The lowest BCUT2D eigenvalue weighted by Crippen LogP contribution is -2.24. The molecule has 0 aliphatic rings. The number of nitrogens with zero attached hydrogens (tertiary/aromatic N) is 1. The summed E-state index contributed by atoms with van der Waals surface area (Å²) in [5, 5.41) is 4.22. The van der Waals surface area contributed by atoms with Gasteiger partial charge in [0.25, 0.3) is 0 Å². The molecular weight excluding hydrogens is 268 g/mol. The van der Waals surface area contributed by atoms with E-state index in [4.69, 9.17) is 11.6 Å². The number of halogens is 1. The number of benzene rings is 1. The molecule has 1 N–H and O–H groups in total. The number of rotatable bonds is 5. The Kier molecular flexibility index (Phi) is 5.16. The molecule has 1 unspecified atom stereocenters. The highest BCUT2D eigenvalue weighted by Crippen LogP contribution is 2.26. The van der Waals surface area contributed by atoms with Gasteiger partial charge in [-0.15, -0.1) is 0 Å². The minimum absolute atomic E-state index is 0.147. The van der Waals surface area contributed by atoms with Crippen molar-refractivity contribution in [2.24, 2.45) is 0 Å². The van der Waals surface area contributed by atoms with Gasteiger partial charge in [0.05, 0.1) is 16.8 Å². The van der Waals surface area contributed by atoms with Gasteiger partial charge in [0.1, 0.15) is 0 Å². The lowest BCUT2D eigenvalue weighted by molar-refractivity contribution is 0.535. The first kappa shape index (κ1) is 15.0. The molecule has 0 aliphatic carbocycles. The smallest absolute Gasteiger partial charge is 0.0762 e. The van der Waals surface area contributed by atoms with Crippen molar-refractivity contribution in [1.82, 2.24) is 10.3 Å². The number of hydrogen-bond acceptors (Lipinski definition) is 2. The van der Waals surface area contributed by atoms with Crippen LogP contribution in [-0.2, 0) is 6.42 Å². The molecule has 0 spiro atoms. The van der Waals surface area contributed by atoms with Gasteiger partial charge in [-0.25, -0.2) is 0 Å². The fraction of sp³-hybridized carbons (Fsp3) is 0.353. The average Bonchev–Trinajstić information content (AvgIpc) is 2.43. The maximum Gasteiger partial charge on any atom is 0.0762 e. The monoisotopic (exact) mass is 288 g/mol. The molecule has 20 heavy (non-hydrogen) atoms. The third kappa shape index (κ3) is 3.38. The second-order valence-electron chi connectivity index (χ2n) is 5.06. The first-order chi connectivity index (χ1) is 9.63. The van der Waals surface area contributed by atoms with E-state index in [0.717, 1.165) is 23.7 Å². The highest BCUT2D eigenvalue weighted by atomic mass is 35.5. The molecule has 0 aliphatic heterocycles. The minimum atomic E-state index is 0.147. The zero-order valence-electron chi connectivity index (χ0n) is 12.3. The Labute approximate surface area is 126 Å². The van der Waals surface area contributed by atoms with Crippen molar-refractivity contribution in [3.05, 3.63) is 63.9 Å². The SMILES string of the molecule is CCNC(Cc1c(C)cccc1C)c1ncccc1Cl. The van der Waals surface area contributed by atoms with Crippen LogP contribution in [0.4, 0.5) is 0 Å². The van der Waals surface area contributed by atoms with Gasteiger partial charge in [-0.1, -0.05) is 36.7 Å². The van der Waals surface area contributed by atoms with E-state index in [9.17, 15) is 0 Å². The number of nitrogens with one attached hydrogen (secondary N) is 1. The quantitative estimate of drug-likeness (QED) is 0.890. The minimum Gasteiger partial charge on any atom is -0.309 e. The summed E-state index contributed by atoms with van der Waals surface area (Å²) in [6.45, 7) is 7.31. The summed E-state index contributed by atoms with van der Waals surface area (Å²) in [6.07, 6.45) is 2.71. The average molecular weight is 289 g/mol. The molecule has 0 fully saturated rings. The van der Waals surface area contributed by atoms with Crippen LogP contribution < -0.4 is 5.32 Å². The highest BCUT2D eigenvalue weighted by molar-refractivity contribution is 6.31. The third-order valence-corrected chi connectivity index (χ3v) is 3.94. The van der Waals surface area contributed by atoms with Crippen LogP contribution in [0.25, 0.3) is 0 Å². The van der Waals surface area contributed by atoms with Crippen LogP contribution in [0.1, 0.15) is 35.3 Å². The molecular formula is C17H21ClN2. The van der Waals surface area contributed by atoms with Crippen LogP contribution in [0.15, 0.2) is 36.5 Å². The molecule has 0 radical (unpaired) electrons. The summed E-state index contributed by atoms with van der Waals surface area (Å²) in [5.41, 5.74) is 4.94. The largest absolute Gasteiger partial charge is 0.309 e. The van der Waals surface area contributed by atoms with Crippen LogP contribution in [0.2, 0.25) is 5.02 Å². The molecule has 0 bridgehead atoms. The van der Waals surface area contributed by atoms with Gasteiger partial charge in [0.15, 0.2) is 0 Å². The standard InChI is InChI=1S/C17H21ClN2/c1-4-19-16(17-15(18)9-6-10-20-17)11-14-12(2)7-5-8-13(14)3/h5-10,16,19H,4,11H2,1-3H3. The second kappa shape index (κ2) is 6.87. The summed E-state index contributed by atoms with van der Waals surface area (Å²) < 4.78 is 0. The fourth-order valence-corrected chi connectivity index (χ4v) is 2.79. The Morgan fingerprint density at radius 1 is 1.15 bits per heavy atom. The molecule has 0 saturated heterocycles. The number of hydrogen-bond donors (Lipinski definition) is 1. The Morgan fingerprint density at radius 3 is 2.45 bits per heavy atom. The van der Waals surface area contributed by atoms with Crippen molar-refractivity contribution in [1.29, 1.82) is 0 Å². The van der Waals surface area contributed by atoms with E-state index in [1.165, 1.54) is 16.7 Å². The van der Waals surface area contributed by atoms with Crippen molar-refractivity contribution in [3.8, 4) is 0 Å². The van der Waals surface area contributed by atoms with Crippen molar-refractivity contribution in [3.63, 3.8) is 0 Å². The van der Waals surface area contributed by atoms with E-state index in [1.54, 1.807) is 6.20 Å². The van der Waals surface area contributed by atoms with Crippen molar-refractivity contribution in [2.75, 3.05) is 6.54 Å². The van der Waals surface area contributed by atoms with Gasteiger partial charge in [0.2, 0.25) is 0 Å². The van der Waals surface area contributed by atoms with Crippen LogP contribution in [-0.4, -0.2) is 11.5 Å². The molecule has 1 heterocycles. The highest BCUT2D eigenvalue weighted by Gasteiger charge is 2.17. The molecule has 1 aromatic heterocycles. The molecule has 0 saturated carbocycles. The van der Waals surface area contributed by atoms with Crippen LogP contribution in [0, 0.1) is 13.8 Å². The number of pyridine rings is 1. The Balaban J connectivity index is 2.33. The molecule has 106 valence electrons. The maximum absolute atomic E-state index is 6.30. The lowest BCUT2D eigenvalue weighted by Gasteiger charge is -2.21. The molecule has 2 rings (SSSR count). The van der Waals surface area contributed by atoms with Crippen molar-refractivity contribution < 1.29 is 0 Å². The Hall–Kier alpha value is -1.38. The van der Waals surface area contributed by atoms with Gasteiger partial charge in [-0.05, 0) is 55.6 Å². The van der Waals surface area contributed by atoms with Crippen LogP contribution in [0.5, 0.6) is 0 Å². The Morgan fingerprint density at radius 2 is 1.85 bits per heavy atom. The van der Waals surface area contributed by atoms with E-state index >= 15 is 0 Å². The number of aromatic nitrogens is 1. The summed E-state index contributed by atoms with van der Waals surface area (Å²) >= 11 is 6.30. The zero-order chi connectivity index (χ0) is 14.5. The lowest BCUT2D eigenvalue weighted by atomic mass is 9.95. The molecule has 2 nitrogen and oxygen atoms in total. The van der Waals surface area contributed by atoms with Gasteiger partial charge in [-0.2, -0.15) is 0 Å². The summed E-state index contributed by atoms with van der Waals surface area (Å²) in [5.74, 6) is 0. The molecule has 1 aromatic carbocycles. The van der Waals surface area contributed by atoms with Crippen molar-refractivity contribution in [2.45, 2.75) is 33.2 Å².